The smallest absolute Gasteiger partial charge is 0.344 e. The molecule has 0 saturated heterocycles. The largest absolute Gasteiger partial charge is 0.496 e. The van der Waals surface area contributed by atoms with Crippen LogP contribution in [0.5, 0.6) is 11.5 Å². The number of carbonyl (C=O) groups is 1. The zero-order chi connectivity index (χ0) is 17.6. The summed E-state index contributed by atoms with van der Waals surface area (Å²) in [5.74, 6) is 0.925. The number of fused-ring (bicyclic) bond motifs is 1. The quantitative estimate of drug-likeness (QED) is 0.630. The van der Waals surface area contributed by atoms with Gasteiger partial charge in [0.05, 0.1) is 7.11 Å². The van der Waals surface area contributed by atoms with Gasteiger partial charge in [0.2, 0.25) is 0 Å². The molecule has 0 atom stereocenters. The van der Waals surface area contributed by atoms with Crippen LogP contribution < -0.4 is 9.47 Å². The van der Waals surface area contributed by atoms with Crippen molar-refractivity contribution in [1.29, 1.82) is 0 Å². The molecule has 3 aromatic carbocycles. The minimum atomic E-state index is -0.420. The Morgan fingerprint density at radius 2 is 1.76 bits per heavy atom. The van der Waals surface area contributed by atoms with Crippen LogP contribution in [-0.4, -0.2) is 19.7 Å². The molecule has 0 heterocycles. The summed E-state index contributed by atoms with van der Waals surface area (Å²) in [6.45, 7) is 2.00. The van der Waals surface area contributed by atoms with Crippen molar-refractivity contribution in [3.05, 3.63) is 71.8 Å². The minimum Gasteiger partial charge on any atom is -0.496 e. The Labute approximate surface area is 146 Å². The van der Waals surface area contributed by atoms with Gasteiger partial charge in [0.25, 0.3) is 0 Å². The zero-order valence-electron chi connectivity index (χ0n) is 14.3. The Bertz CT molecular complexity index is 886. The van der Waals surface area contributed by atoms with Crippen molar-refractivity contribution in [2.75, 3.05) is 13.7 Å². The summed E-state index contributed by atoms with van der Waals surface area (Å²) in [5.41, 5.74) is 1.92. The average molecular weight is 336 g/mol. The van der Waals surface area contributed by atoms with Crippen LogP contribution >= 0.6 is 0 Å². The SMILES string of the molecule is COc1ccc(C)cc1COC(=O)COc1ccc2ccccc2c1. The first-order chi connectivity index (χ1) is 12.2. The summed E-state index contributed by atoms with van der Waals surface area (Å²) in [6.07, 6.45) is 0. The van der Waals surface area contributed by atoms with E-state index in [4.69, 9.17) is 14.2 Å². The number of benzene rings is 3. The predicted octanol–water partition coefficient (Wildman–Crippen LogP) is 4.28. The topological polar surface area (TPSA) is 44.8 Å². The third kappa shape index (κ3) is 4.29. The third-order valence-corrected chi connectivity index (χ3v) is 3.90. The summed E-state index contributed by atoms with van der Waals surface area (Å²) in [6, 6.07) is 19.5. The molecular weight excluding hydrogens is 316 g/mol. The molecule has 25 heavy (non-hydrogen) atoms. The van der Waals surface area contributed by atoms with Gasteiger partial charge < -0.3 is 14.2 Å². The lowest BCUT2D eigenvalue weighted by Gasteiger charge is -2.11. The molecule has 128 valence electrons. The number of esters is 1. The van der Waals surface area contributed by atoms with E-state index in [1.54, 1.807) is 7.11 Å². The van der Waals surface area contributed by atoms with E-state index in [9.17, 15) is 4.79 Å². The molecule has 3 aromatic rings. The Morgan fingerprint density at radius 1 is 0.960 bits per heavy atom. The van der Waals surface area contributed by atoms with Crippen LogP contribution in [0, 0.1) is 6.92 Å². The highest BCUT2D eigenvalue weighted by Crippen LogP contribution is 2.22. The van der Waals surface area contributed by atoms with Crippen molar-refractivity contribution < 1.29 is 19.0 Å². The van der Waals surface area contributed by atoms with Crippen molar-refractivity contribution in [2.45, 2.75) is 13.5 Å². The van der Waals surface area contributed by atoms with E-state index in [1.807, 2.05) is 67.6 Å². The molecule has 0 aromatic heterocycles. The normalized spacial score (nSPS) is 10.5. The van der Waals surface area contributed by atoms with E-state index in [1.165, 1.54) is 0 Å². The molecular formula is C21H20O4. The fourth-order valence-electron chi connectivity index (χ4n) is 2.62. The average Bonchev–Trinajstić information content (AvgIpc) is 2.64. The maximum atomic E-state index is 11.9. The number of methoxy groups -OCH3 is 1. The van der Waals surface area contributed by atoms with Crippen molar-refractivity contribution in [3.8, 4) is 11.5 Å². The maximum Gasteiger partial charge on any atom is 0.344 e. The first kappa shape index (κ1) is 16.8. The molecule has 0 amide bonds. The third-order valence-electron chi connectivity index (χ3n) is 3.90. The standard InChI is InChI=1S/C21H20O4/c1-15-7-10-20(23-2)18(11-15)13-25-21(22)14-24-19-9-8-16-5-3-4-6-17(16)12-19/h3-12H,13-14H2,1-2H3. The summed E-state index contributed by atoms with van der Waals surface area (Å²) in [5, 5.41) is 2.20. The van der Waals surface area contributed by atoms with Gasteiger partial charge in [-0.3, -0.25) is 0 Å². The Hall–Kier alpha value is -3.01. The highest BCUT2D eigenvalue weighted by atomic mass is 16.6. The molecule has 0 saturated carbocycles. The van der Waals surface area contributed by atoms with E-state index in [0.29, 0.717) is 11.5 Å². The van der Waals surface area contributed by atoms with Gasteiger partial charge in [-0.25, -0.2) is 4.79 Å². The number of aryl methyl sites for hydroxylation is 1. The second kappa shape index (κ2) is 7.71. The molecule has 4 heteroatoms. The zero-order valence-corrected chi connectivity index (χ0v) is 14.3. The van der Waals surface area contributed by atoms with Crippen molar-refractivity contribution >= 4 is 16.7 Å². The van der Waals surface area contributed by atoms with Crippen LogP contribution in [0.25, 0.3) is 10.8 Å². The molecule has 0 bridgehead atoms. The highest BCUT2D eigenvalue weighted by molar-refractivity contribution is 5.83. The van der Waals surface area contributed by atoms with Crippen LogP contribution in [0.15, 0.2) is 60.7 Å². The monoisotopic (exact) mass is 336 g/mol. The molecule has 0 aliphatic heterocycles. The summed E-state index contributed by atoms with van der Waals surface area (Å²) in [4.78, 5) is 11.9. The van der Waals surface area contributed by atoms with Gasteiger partial charge in [-0.2, -0.15) is 0 Å². The van der Waals surface area contributed by atoms with Crippen LogP contribution in [0.3, 0.4) is 0 Å². The fraction of sp³-hybridized carbons (Fsp3) is 0.190. The molecule has 0 N–H and O–H groups in total. The molecule has 3 rings (SSSR count). The number of hydrogen-bond donors (Lipinski definition) is 0. The van der Waals surface area contributed by atoms with E-state index in [-0.39, 0.29) is 13.2 Å². The molecule has 4 nitrogen and oxygen atoms in total. The van der Waals surface area contributed by atoms with Gasteiger partial charge in [0.1, 0.15) is 18.1 Å². The first-order valence-corrected chi connectivity index (χ1v) is 8.06. The van der Waals surface area contributed by atoms with E-state index in [2.05, 4.69) is 0 Å². The van der Waals surface area contributed by atoms with Gasteiger partial charge >= 0.3 is 5.97 Å². The Balaban J connectivity index is 1.56. The van der Waals surface area contributed by atoms with Gasteiger partial charge in [0, 0.05) is 5.56 Å². The minimum absolute atomic E-state index is 0.132. The van der Waals surface area contributed by atoms with Gasteiger partial charge in [-0.05, 0) is 42.0 Å². The lowest BCUT2D eigenvalue weighted by Crippen LogP contribution is -2.15. The number of rotatable bonds is 6. The summed E-state index contributed by atoms with van der Waals surface area (Å²) in [7, 11) is 1.60. The fourth-order valence-corrected chi connectivity index (χ4v) is 2.62. The van der Waals surface area contributed by atoms with Crippen molar-refractivity contribution in [3.63, 3.8) is 0 Å². The summed E-state index contributed by atoms with van der Waals surface area (Å²) >= 11 is 0. The lowest BCUT2D eigenvalue weighted by molar-refractivity contribution is -0.147. The van der Waals surface area contributed by atoms with Crippen LogP contribution in [-0.2, 0) is 16.1 Å². The van der Waals surface area contributed by atoms with Crippen molar-refractivity contribution in [2.24, 2.45) is 0 Å². The Kier molecular flexibility index (Phi) is 5.19. The van der Waals surface area contributed by atoms with E-state index >= 15 is 0 Å². The van der Waals surface area contributed by atoms with Gasteiger partial charge in [-0.15, -0.1) is 0 Å². The van der Waals surface area contributed by atoms with Crippen LogP contribution in [0.4, 0.5) is 0 Å². The Morgan fingerprint density at radius 3 is 2.56 bits per heavy atom. The molecule has 0 fully saturated rings. The van der Waals surface area contributed by atoms with Crippen molar-refractivity contribution in [1.82, 2.24) is 0 Å². The van der Waals surface area contributed by atoms with E-state index < -0.39 is 5.97 Å². The molecule has 0 spiro atoms. The number of ether oxygens (including phenoxy) is 3. The van der Waals surface area contributed by atoms with Gasteiger partial charge in [0.15, 0.2) is 6.61 Å². The maximum absolute atomic E-state index is 11.9. The summed E-state index contributed by atoms with van der Waals surface area (Å²) < 4.78 is 16.1. The first-order valence-electron chi connectivity index (χ1n) is 8.06. The number of hydrogen-bond acceptors (Lipinski definition) is 4. The molecule has 0 unspecified atom stereocenters. The molecule has 0 aliphatic rings. The highest BCUT2D eigenvalue weighted by Gasteiger charge is 2.09. The second-order valence-electron chi connectivity index (χ2n) is 5.77. The molecule has 0 radical (unpaired) electrons. The second-order valence-corrected chi connectivity index (χ2v) is 5.77. The van der Waals surface area contributed by atoms with E-state index in [0.717, 1.165) is 21.9 Å². The van der Waals surface area contributed by atoms with Crippen LogP contribution in [0.2, 0.25) is 0 Å². The number of carbonyl (C=O) groups excluding carboxylic acids is 1. The van der Waals surface area contributed by atoms with Crippen LogP contribution in [0.1, 0.15) is 11.1 Å². The lowest BCUT2D eigenvalue weighted by atomic mass is 10.1. The predicted molar refractivity (Wildman–Crippen MR) is 97.0 cm³/mol. The molecule has 0 aliphatic carbocycles. The van der Waals surface area contributed by atoms with Gasteiger partial charge in [-0.1, -0.05) is 42.0 Å².